The molecule has 0 saturated carbocycles. The van der Waals surface area contributed by atoms with Gasteiger partial charge in [-0.15, -0.1) is 0 Å². The lowest BCUT2D eigenvalue weighted by Crippen LogP contribution is -2.24. The topological polar surface area (TPSA) is 76.6 Å². The third-order valence-corrected chi connectivity index (χ3v) is 3.19. The molecule has 2 heterocycles. The Bertz CT molecular complexity index is 703. The van der Waals surface area contributed by atoms with Gasteiger partial charge in [-0.25, -0.2) is 9.97 Å². The number of anilines is 1. The zero-order chi connectivity index (χ0) is 15.5. The van der Waals surface area contributed by atoms with E-state index in [1.807, 2.05) is 25.1 Å². The number of ether oxygens (including phenoxy) is 2. The van der Waals surface area contributed by atoms with E-state index in [2.05, 4.69) is 15.3 Å². The molecule has 1 N–H and O–H groups in total. The summed E-state index contributed by atoms with van der Waals surface area (Å²) in [6.07, 6.45) is 1.67. The molecule has 0 atom stereocenters. The molecule has 22 heavy (non-hydrogen) atoms. The number of hydrogen-bond donors (Lipinski definition) is 1. The Hall–Kier alpha value is -2.83. The first-order chi connectivity index (χ1) is 10.6. The van der Waals surface area contributed by atoms with Crippen LogP contribution in [-0.4, -0.2) is 36.8 Å². The highest BCUT2D eigenvalue weighted by Crippen LogP contribution is 2.32. The van der Waals surface area contributed by atoms with Crippen molar-refractivity contribution in [2.75, 3.05) is 25.8 Å². The Morgan fingerprint density at radius 3 is 2.91 bits per heavy atom. The van der Waals surface area contributed by atoms with Crippen molar-refractivity contribution in [2.24, 2.45) is 0 Å². The summed E-state index contributed by atoms with van der Waals surface area (Å²) in [5, 5.41) is 2.79. The van der Waals surface area contributed by atoms with Gasteiger partial charge in [0.05, 0.1) is 6.54 Å². The quantitative estimate of drug-likeness (QED) is 0.914. The summed E-state index contributed by atoms with van der Waals surface area (Å²) < 4.78 is 10.5. The predicted octanol–water partition coefficient (Wildman–Crippen LogP) is 1.20. The summed E-state index contributed by atoms with van der Waals surface area (Å²) in [6, 6.07) is 6.89. The van der Waals surface area contributed by atoms with E-state index in [0.717, 1.165) is 5.82 Å². The lowest BCUT2D eigenvalue weighted by atomic mass is 10.2. The Balaban J connectivity index is 1.66. The third-order valence-electron chi connectivity index (χ3n) is 3.19. The molecule has 7 heteroatoms. The second-order valence-electron chi connectivity index (χ2n) is 4.98. The predicted molar refractivity (Wildman–Crippen MR) is 80.1 cm³/mol. The van der Waals surface area contributed by atoms with Crippen LogP contribution in [0.3, 0.4) is 0 Å². The van der Waals surface area contributed by atoms with Crippen molar-refractivity contribution in [3.8, 4) is 11.5 Å². The zero-order valence-electron chi connectivity index (χ0n) is 12.4. The Labute approximate surface area is 127 Å². The minimum Gasteiger partial charge on any atom is -0.454 e. The largest absolute Gasteiger partial charge is 0.454 e. The maximum Gasteiger partial charge on any atom is 0.251 e. The van der Waals surface area contributed by atoms with Gasteiger partial charge in [0.1, 0.15) is 11.6 Å². The fourth-order valence-electron chi connectivity index (χ4n) is 2.02. The SMILES string of the molecule is CN(C)c1ccnc(CNC(=O)c2ccc3c(c2)OCO3)n1. The van der Waals surface area contributed by atoms with Crippen molar-refractivity contribution in [2.45, 2.75) is 6.54 Å². The summed E-state index contributed by atoms with van der Waals surface area (Å²) in [6.45, 7) is 0.445. The molecule has 3 rings (SSSR count). The van der Waals surface area contributed by atoms with Crippen LogP contribution in [0.2, 0.25) is 0 Å². The molecule has 2 aromatic rings. The van der Waals surface area contributed by atoms with Gasteiger partial charge in [0.2, 0.25) is 6.79 Å². The standard InChI is InChI=1S/C15H16N4O3/c1-19(2)14-5-6-16-13(18-14)8-17-15(20)10-3-4-11-12(7-10)22-9-21-11/h3-7H,8-9H2,1-2H3,(H,17,20). The summed E-state index contributed by atoms with van der Waals surface area (Å²) >= 11 is 0. The van der Waals surface area contributed by atoms with Crippen molar-refractivity contribution in [3.05, 3.63) is 41.9 Å². The molecule has 0 aliphatic carbocycles. The van der Waals surface area contributed by atoms with E-state index in [4.69, 9.17) is 9.47 Å². The average molecular weight is 300 g/mol. The molecule has 0 saturated heterocycles. The van der Waals surface area contributed by atoms with E-state index in [1.165, 1.54) is 0 Å². The van der Waals surface area contributed by atoms with Gasteiger partial charge in [0, 0.05) is 25.9 Å². The van der Waals surface area contributed by atoms with Gasteiger partial charge in [-0.05, 0) is 24.3 Å². The summed E-state index contributed by atoms with van der Waals surface area (Å²) in [4.78, 5) is 22.5. The number of fused-ring (bicyclic) bond motifs is 1. The second-order valence-corrected chi connectivity index (χ2v) is 4.98. The zero-order valence-corrected chi connectivity index (χ0v) is 12.4. The summed E-state index contributed by atoms with van der Waals surface area (Å²) in [5.41, 5.74) is 0.507. The van der Waals surface area contributed by atoms with Crippen molar-refractivity contribution in [1.82, 2.24) is 15.3 Å². The van der Waals surface area contributed by atoms with Crippen LogP contribution in [0.25, 0.3) is 0 Å². The lowest BCUT2D eigenvalue weighted by Gasteiger charge is -2.12. The molecule has 0 fully saturated rings. The van der Waals surface area contributed by atoms with E-state index < -0.39 is 0 Å². The Morgan fingerprint density at radius 1 is 1.27 bits per heavy atom. The van der Waals surface area contributed by atoms with E-state index >= 15 is 0 Å². The highest BCUT2D eigenvalue weighted by molar-refractivity contribution is 5.94. The summed E-state index contributed by atoms with van der Waals surface area (Å²) in [5.74, 6) is 2.37. The molecule has 0 unspecified atom stereocenters. The lowest BCUT2D eigenvalue weighted by molar-refractivity contribution is 0.0949. The Kier molecular flexibility index (Phi) is 3.78. The third kappa shape index (κ3) is 2.93. The first kappa shape index (κ1) is 14.1. The maximum absolute atomic E-state index is 12.2. The number of benzene rings is 1. The molecule has 1 aliphatic heterocycles. The molecule has 114 valence electrons. The van der Waals surface area contributed by atoms with Crippen LogP contribution in [0.15, 0.2) is 30.5 Å². The number of nitrogens with one attached hydrogen (secondary N) is 1. The number of carbonyl (C=O) groups is 1. The molecule has 7 nitrogen and oxygen atoms in total. The van der Waals surface area contributed by atoms with Crippen molar-refractivity contribution in [3.63, 3.8) is 0 Å². The van der Waals surface area contributed by atoms with Gasteiger partial charge < -0.3 is 19.7 Å². The van der Waals surface area contributed by atoms with Crippen LogP contribution in [-0.2, 0) is 6.54 Å². The maximum atomic E-state index is 12.2. The first-order valence-corrected chi connectivity index (χ1v) is 6.80. The Morgan fingerprint density at radius 2 is 2.09 bits per heavy atom. The van der Waals surface area contributed by atoms with E-state index in [0.29, 0.717) is 22.9 Å². The van der Waals surface area contributed by atoms with Gasteiger partial charge in [0.25, 0.3) is 5.91 Å². The normalized spacial score (nSPS) is 12.1. The molecule has 1 aromatic carbocycles. The highest BCUT2D eigenvalue weighted by Gasteiger charge is 2.16. The van der Waals surface area contributed by atoms with Crippen molar-refractivity contribution >= 4 is 11.7 Å². The monoisotopic (exact) mass is 300 g/mol. The molecule has 1 aliphatic rings. The van der Waals surface area contributed by atoms with Crippen LogP contribution in [0.5, 0.6) is 11.5 Å². The smallest absolute Gasteiger partial charge is 0.251 e. The van der Waals surface area contributed by atoms with Crippen LogP contribution in [0.4, 0.5) is 5.82 Å². The highest BCUT2D eigenvalue weighted by atomic mass is 16.7. The minimum atomic E-state index is -0.211. The first-order valence-electron chi connectivity index (χ1n) is 6.80. The molecule has 0 radical (unpaired) electrons. The number of hydrogen-bond acceptors (Lipinski definition) is 6. The van der Waals surface area contributed by atoms with E-state index in [-0.39, 0.29) is 19.2 Å². The van der Waals surface area contributed by atoms with E-state index in [9.17, 15) is 4.79 Å². The minimum absolute atomic E-state index is 0.186. The van der Waals surface area contributed by atoms with Gasteiger partial charge in [-0.1, -0.05) is 0 Å². The number of nitrogens with zero attached hydrogens (tertiary/aromatic N) is 3. The van der Waals surface area contributed by atoms with E-state index in [1.54, 1.807) is 24.4 Å². The van der Waals surface area contributed by atoms with Gasteiger partial charge in [-0.3, -0.25) is 4.79 Å². The number of rotatable bonds is 4. The van der Waals surface area contributed by atoms with Crippen LogP contribution >= 0.6 is 0 Å². The molecule has 1 amide bonds. The number of aromatic nitrogens is 2. The van der Waals surface area contributed by atoms with Crippen LogP contribution in [0, 0.1) is 0 Å². The molecule has 0 bridgehead atoms. The van der Waals surface area contributed by atoms with Crippen LogP contribution in [0.1, 0.15) is 16.2 Å². The van der Waals surface area contributed by atoms with Gasteiger partial charge in [0.15, 0.2) is 11.5 Å². The number of carbonyl (C=O) groups excluding carboxylic acids is 1. The molecular formula is C15H16N4O3. The van der Waals surface area contributed by atoms with Crippen molar-refractivity contribution < 1.29 is 14.3 Å². The number of amides is 1. The van der Waals surface area contributed by atoms with Gasteiger partial charge in [-0.2, -0.15) is 0 Å². The molecular weight excluding hydrogens is 284 g/mol. The fourth-order valence-corrected chi connectivity index (χ4v) is 2.02. The second kappa shape index (κ2) is 5.88. The summed E-state index contributed by atoms with van der Waals surface area (Å²) in [7, 11) is 3.80. The van der Waals surface area contributed by atoms with Crippen molar-refractivity contribution in [1.29, 1.82) is 0 Å². The molecule has 0 spiro atoms. The average Bonchev–Trinajstić information content (AvgIpc) is 3.00. The fraction of sp³-hybridized carbons (Fsp3) is 0.267. The molecule has 1 aromatic heterocycles. The van der Waals surface area contributed by atoms with Crippen LogP contribution < -0.4 is 19.7 Å². The van der Waals surface area contributed by atoms with Gasteiger partial charge >= 0.3 is 0 Å².